The van der Waals surface area contributed by atoms with Crippen LogP contribution in [0.2, 0.25) is 0 Å². The van der Waals surface area contributed by atoms with Crippen molar-refractivity contribution < 1.29 is 19.4 Å². The maximum Gasteiger partial charge on any atom is 0.339 e. The molecule has 0 aliphatic heterocycles. The van der Waals surface area contributed by atoms with E-state index in [1.807, 2.05) is 13.0 Å². The zero-order valence-electron chi connectivity index (χ0n) is 13.2. The highest BCUT2D eigenvalue weighted by Gasteiger charge is 2.15. The van der Waals surface area contributed by atoms with Crippen LogP contribution in [0.4, 0.5) is 5.69 Å². The van der Waals surface area contributed by atoms with Gasteiger partial charge in [0.1, 0.15) is 22.8 Å². The van der Waals surface area contributed by atoms with E-state index in [2.05, 4.69) is 4.98 Å². The molecule has 0 saturated heterocycles. The second kappa shape index (κ2) is 6.08. The van der Waals surface area contributed by atoms with Crippen molar-refractivity contribution >= 4 is 22.6 Å². The molecular weight excluding hydrogens is 308 g/mol. The smallest absolute Gasteiger partial charge is 0.339 e. The summed E-state index contributed by atoms with van der Waals surface area (Å²) in [6.07, 6.45) is 1.60. The lowest BCUT2D eigenvalue weighted by molar-refractivity contribution is 0.0693. The fourth-order valence-electron chi connectivity index (χ4n) is 2.41. The first kappa shape index (κ1) is 15.6. The van der Waals surface area contributed by atoms with Crippen molar-refractivity contribution in [2.75, 3.05) is 12.8 Å². The molecule has 0 saturated carbocycles. The van der Waals surface area contributed by atoms with Gasteiger partial charge in [-0.3, -0.25) is 4.98 Å². The number of nitrogens with zero attached hydrogens (tertiary/aromatic N) is 1. The van der Waals surface area contributed by atoms with Gasteiger partial charge in [0.2, 0.25) is 0 Å². The Labute approximate surface area is 138 Å². The van der Waals surface area contributed by atoms with Crippen LogP contribution in [0.3, 0.4) is 0 Å². The van der Waals surface area contributed by atoms with Crippen LogP contribution in [0, 0.1) is 6.92 Å². The summed E-state index contributed by atoms with van der Waals surface area (Å²) >= 11 is 0. The Morgan fingerprint density at radius 1 is 1.17 bits per heavy atom. The Morgan fingerprint density at radius 2 is 1.96 bits per heavy atom. The number of anilines is 1. The predicted octanol–water partition coefficient (Wildman–Crippen LogP) is 3.62. The van der Waals surface area contributed by atoms with E-state index in [0.29, 0.717) is 28.1 Å². The number of carbonyl (C=O) groups is 1. The molecule has 122 valence electrons. The number of carboxylic acids is 1. The van der Waals surface area contributed by atoms with Crippen LogP contribution in [-0.2, 0) is 0 Å². The van der Waals surface area contributed by atoms with E-state index < -0.39 is 5.97 Å². The van der Waals surface area contributed by atoms with E-state index in [9.17, 15) is 9.90 Å². The fraction of sp³-hybridized carbons (Fsp3) is 0.111. The molecule has 0 aliphatic carbocycles. The summed E-state index contributed by atoms with van der Waals surface area (Å²) in [5.74, 6) is 0.297. The molecule has 6 nitrogen and oxygen atoms in total. The molecular formula is C18H16N2O4. The summed E-state index contributed by atoms with van der Waals surface area (Å²) in [6.45, 7) is 1.89. The lowest BCUT2D eigenvalue weighted by atomic mass is 10.1. The zero-order chi connectivity index (χ0) is 17.3. The van der Waals surface area contributed by atoms with Crippen molar-refractivity contribution in [3.63, 3.8) is 0 Å². The Hall–Kier alpha value is -3.28. The van der Waals surface area contributed by atoms with Crippen LogP contribution in [0.15, 0.2) is 42.6 Å². The number of methoxy groups -OCH3 is 1. The van der Waals surface area contributed by atoms with E-state index >= 15 is 0 Å². The third-order valence-electron chi connectivity index (χ3n) is 3.72. The standard InChI is InChI=1S/C18H16N2O4/c1-10-7-11(3-4-14(10)19)24-16-5-6-20-15-9-17(23-2)13(18(21)22)8-12(15)16/h3-9H,19H2,1-2H3,(H,21,22). The number of ether oxygens (including phenoxy) is 2. The Balaban J connectivity index is 2.12. The first-order valence-electron chi connectivity index (χ1n) is 7.23. The minimum absolute atomic E-state index is 0.0522. The maximum absolute atomic E-state index is 11.4. The molecule has 6 heteroatoms. The van der Waals surface area contributed by atoms with E-state index in [1.165, 1.54) is 13.2 Å². The van der Waals surface area contributed by atoms with Gasteiger partial charge in [0.25, 0.3) is 0 Å². The molecule has 0 spiro atoms. The Kier molecular flexibility index (Phi) is 3.95. The van der Waals surface area contributed by atoms with Gasteiger partial charge in [-0.1, -0.05) is 0 Å². The summed E-state index contributed by atoms with van der Waals surface area (Å²) < 4.78 is 11.0. The molecule has 0 bridgehead atoms. The summed E-state index contributed by atoms with van der Waals surface area (Å²) in [5, 5.41) is 9.94. The highest BCUT2D eigenvalue weighted by Crippen LogP contribution is 2.33. The molecule has 0 fully saturated rings. The molecule has 0 aliphatic rings. The molecule has 3 N–H and O–H groups in total. The maximum atomic E-state index is 11.4. The minimum Gasteiger partial charge on any atom is -0.496 e. The Bertz CT molecular complexity index is 938. The topological polar surface area (TPSA) is 94.7 Å². The number of fused-ring (bicyclic) bond motifs is 1. The highest BCUT2D eigenvalue weighted by atomic mass is 16.5. The molecule has 0 unspecified atom stereocenters. The number of aromatic nitrogens is 1. The van der Waals surface area contributed by atoms with E-state index in [1.54, 1.807) is 30.5 Å². The number of aromatic carboxylic acids is 1. The van der Waals surface area contributed by atoms with Gasteiger partial charge in [0, 0.05) is 23.3 Å². The van der Waals surface area contributed by atoms with Crippen molar-refractivity contribution in [1.29, 1.82) is 0 Å². The summed E-state index contributed by atoms with van der Waals surface area (Å²) in [5.41, 5.74) is 8.03. The predicted molar refractivity (Wildman–Crippen MR) is 90.9 cm³/mol. The second-order valence-corrected chi connectivity index (χ2v) is 5.30. The van der Waals surface area contributed by atoms with Crippen LogP contribution < -0.4 is 15.2 Å². The number of benzene rings is 2. The van der Waals surface area contributed by atoms with E-state index in [4.69, 9.17) is 15.2 Å². The van der Waals surface area contributed by atoms with Gasteiger partial charge in [-0.25, -0.2) is 4.79 Å². The minimum atomic E-state index is -1.08. The number of carboxylic acid groups (broad SMARTS) is 1. The van der Waals surface area contributed by atoms with Gasteiger partial charge in [-0.2, -0.15) is 0 Å². The van der Waals surface area contributed by atoms with Crippen LogP contribution in [0.25, 0.3) is 10.9 Å². The number of nitrogen functional groups attached to an aromatic ring is 1. The number of pyridine rings is 1. The molecule has 24 heavy (non-hydrogen) atoms. The average molecular weight is 324 g/mol. The fourth-order valence-corrected chi connectivity index (χ4v) is 2.41. The van der Waals surface area contributed by atoms with Gasteiger partial charge >= 0.3 is 5.97 Å². The number of aryl methyl sites for hydroxylation is 1. The lowest BCUT2D eigenvalue weighted by Crippen LogP contribution is -2.01. The van der Waals surface area contributed by atoms with E-state index in [-0.39, 0.29) is 11.3 Å². The van der Waals surface area contributed by atoms with Gasteiger partial charge in [-0.15, -0.1) is 0 Å². The normalized spacial score (nSPS) is 10.6. The largest absolute Gasteiger partial charge is 0.496 e. The van der Waals surface area contributed by atoms with Gasteiger partial charge in [-0.05, 0) is 42.8 Å². The van der Waals surface area contributed by atoms with Crippen molar-refractivity contribution in [3.05, 3.63) is 53.7 Å². The lowest BCUT2D eigenvalue weighted by Gasteiger charge is -2.12. The average Bonchev–Trinajstić information content (AvgIpc) is 2.57. The van der Waals surface area contributed by atoms with Gasteiger partial charge in [0.15, 0.2) is 0 Å². The van der Waals surface area contributed by atoms with Gasteiger partial charge in [0.05, 0.1) is 12.6 Å². The molecule has 1 heterocycles. The number of hydrogen-bond donors (Lipinski definition) is 2. The molecule has 0 amide bonds. The number of rotatable bonds is 4. The molecule has 3 rings (SSSR count). The summed E-state index contributed by atoms with van der Waals surface area (Å²) in [7, 11) is 1.42. The summed E-state index contributed by atoms with van der Waals surface area (Å²) in [6, 6.07) is 10.1. The van der Waals surface area contributed by atoms with Crippen LogP contribution >= 0.6 is 0 Å². The number of nitrogens with two attached hydrogens (primary N) is 1. The molecule has 2 aromatic carbocycles. The quantitative estimate of drug-likeness (QED) is 0.712. The van der Waals surface area contributed by atoms with Crippen LogP contribution in [0.1, 0.15) is 15.9 Å². The molecule has 0 atom stereocenters. The van der Waals surface area contributed by atoms with E-state index in [0.717, 1.165) is 5.56 Å². The number of hydrogen-bond acceptors (Lipinski definition) is 5. The second-order valence-electron chi connectivity index (χ2n) is 5.30. The molecule has 0 radical (unpaired) electrons. The SMILES string of the molecule is COc1cc2nccc(Oc3ccc(N)c(C)c3)c2cc1C(=O)O. The Morgan fingerprint density at radius 3 is 2.62 bits per heavy atom. The zero-order valence-corrected chi connectivity index (χ0v) is 13.2. The van der Waals surface area contributed by atoms with Crippen molar-refractivity contribution in [2.45, 2.75) is 6.92 Å². The van der Waals surface area contributed by atoms with Gasteiger partial charge < -0.3 is 20.3 Å². The van der Waals surface area contributed by atoms with Crippen molar-refractivity contribution in [2.24, 2.45) is 0 Å². The van der Waals surface area contributed by atoms with Crippen LogP contribution in [0.5, 0.6) is 17.2 Å². The third-order valence-corrected chi connectivity index (χ3v) is 3.72. The highest BCUT2D eigenvalue weighted by molar-refractivity contribution is 5.98. The molecule has 3 aromatic rings. The monoisotopic (exact) mass is 324 g/mol. The first-order chi connectivity index (χ1) is 11.5. The summed E-state index contributed by atoms with van der Waals surface area (Å²) in [4.78, 5) is 15.7. The van der Waals surface area contributed by atoms with Crippen molar-refractivity contribution in [3.8, 4) is 17.2 Å². The first-order valence-corrected chi connectivity index (χ1v) is 7.23. The van der Waals surface area contributed by atoms with Crippen LogP contribution in [-0.4, -0.2) is 23.2 Å². The molecule has 1 aromatic heterocycles. The van der Waals surface area contributed by atoms with Crippen molar-refractivity contribution in [1.82, 2.24) is 4.98 Å². The third kappa shape index (κ3) is 2.81.